The van der Waals surface area contributed by atoms with E-state index >= 15 is 0 Å². The first-order valence-corrected chi connectivity index (χ1v) is 6.23. The maximum Gasteiger partial charge on any atom is 0.414 e. The van der Waals surface area contributed by atoms with E-state index in [4.69, 9.17) is 4.74 Å². The standard InChI is InChI=1S/C13H16F3NO2/c1-9-6-11(13(14,15)16)12(7-10(9)8-18)17-2-4-19-5-3-17/h7-9H,2-6H2,1H3. The first-order chi connectivity index (χ1) is 8.93. The highest BCUT2D eigenvalue weighted by Crippen LogP contribution is 2.39. The number of morpholine rings is 1. The average Bonchev–Trinajstić information content (AvgIpc) is 2.38. The molecule has 0 aromatic carbocycles. The molecule has 0 amide bonds. The third kappa shape index (κ3) is 3.00. The Morgan fingerprint density at radius 2 is 2.00 bits per heavy atom. The first-order valence-electron chi connectivity index (χ1n) is 6.23. The number of hydrogen-bond donors (Lipinski definition) is 0. The molecule has 6 heteroatoms. The van der Waals surface area contributed by atoms with E-state index in [1.54, 1.807) is 11.8 Å². The molecule has 1 atom stereocenters. The van der Waals surface area contributed by atoms with Gasteiger partial charge in [0, 0.05) is 18.8 Å². The van der Waals surface area contributed by atoms with Crippen molar-refractivity contribution in [3.63, 3.8) is 0 Å². The van der Waals surface area contributed by atoms with Gasteiger partial charge in [0.05, 0.1) is 18.8 Å². The molecule has 1 saturated heterocycles. The van der Waals surface area contributed by atoms with Crippen molar-refractivity contribution in [2.45, 2.75) is 19.5 Å². The van der Waals surface area contributed by atoms with Crippen molar-refractivity contribution in [1.29, 1.82) is 0 Å². The maximum atomic E-state index is 13.1. The van der Waals surface area contributed by atoms with Crippen molar-refractivity contribution in [1.82, 2.24) is 4.90 Å². The number of rotatable bonds is 2. The number of hydrogen-bond acceptors (Lipinski definition) is 3. The minimum Gasteiger partial charge on any atom is -0.378 e. The first kappa shape index (κ1) is 14.1. The Hall–Kier alpha value is -1.30. The summed E-state index contributed by atoms with van der Waals surface area (Å²) in [5, 5.41) is 0. The molecule has 0 radical (unpaired) electrons. The molecule has 2 rings (SSSR count). The second-order valence-corrected chi connectivity index (χ2v) is 4.83. The Morgan fingerprint density at radius 3 is 2.53 bits per heavy atom. The molecule has 0 spiro atoms. The van der Waals surface area contributed by atoms with Crippen LogP contribution in [0.5, 0.6) is 0 Å². The SMILES string of the molecule is CC1CC(C(F)(F)F)=C(N2CCOCC2)C=C1C=O. The van der Waals surface area contributed by atoms with Gasteiger partial charge in [-0.3, -0.25) is 4.79 Å². The second kappa shape index (κ2) is 5.36. The summed E-state index contributed by atoms with van der Waals surface area (Å²) in [6.45, 7) is 3.31. The number of alkyl halides is 3. The van der Waals surface area contributed by atoms with Gasteiger partial charge in [-0.05, 0) is 24.0 Å². The van der Waals surface area contributed by atoms with E-state index in [1.165, 1.54) is 6.08 Å². The lowest BCUT2D eigenvalue weighted by molar-refractivity contribution is -0.106. The van der Waals surface area contributed by atoms with Gasteiger partial charge >= 0.3 is 6.18 Å². The summed E-state index contributed by atoms with van der Waals surface area (Å²) in [7, 11) is 0. The van der Waals surface area contributed by atoms with Crippen LogP contribution in [0.15, 0.2) is 22.9 Å². The fourth-order valence-corrected chi connectivity index (χ4v) is 2.41. The molecule has 0 bridgehead atoms. The van der Waals surface area contributed by atoms with Crippen LogP contribution in [-0.4, -0.2) is 43.7 Å². The van der Waals surface area contributed by atoms with Gasteiger partial charge in [0.15, 0.2) is 0 Å². The molecule has 0 aromatic rings. The highest BCUT2D eigenvalue weighted by atomic mass is 19.4. The van der Waals surface area contributed by atoms with Crippen LogP contribution < -0.4 is 0 Å². The molecule has 1 heterocycles. The highest BCUT2D eigenvalue weighted by molar-refractivity contribution is 5.76. The molecule has 3 nitrogen and oxygen atoms in total. The van der Waals surface area contributed by atoms with Crippen LogP contribution >= 0.6 is 0 Å². The summed E-state index contributed by atoms with van der Waals surface area (Å²) in [5.74, 6) is -0.390. The van der Waals surface area contributed by atoms with Gasteiger partial charge in [0.1, 0.15) is 6.29 Å². The molecule has 1 unspecified atom stereocenters. The topological polar surface area (TPSA) is 29.5 Å². The van der Waals surface area contributed by atoms with E-state index in [1.807, 2.05) is 0 Å². The Morgan fingerprint density at radius 1 is 1.37 bits per heavy atom. The molecular weight excluding hydrogens is 259 g/mol. The molecule has 2 aliphatic rings. The second-order valence-electron chi connectivity index (χ2n) is 4.83. The third-order valence-corrected chi connectivity index (χ3v) is 3.52. The fraction of sp³-hybridized carbons (Fsp3) is 0.615. The Labute approximate surface area is 109 Å². The van der Waals surface area contributed by atoms with Crippen molar-refractivity contribution in [3.8, 4) is 0 Å². The van der Waals surface area contributed by atoms with Crippen LogP contribution in [0.3, 0.4) is 0 Å². The normalized spacial score (nSPS) is 25.4. The molecule has 1 fully saturated rings. The molecule has 0 saturated carbocycles. The largest absolute Gasteiger partial charge is 0.414 e. The van der Waals surface area contributed by atoms with E-state index < -0.39 is 11.7 Å². The van der Waals surface area contributed by atoms with Crippen molar-refractivity contribution in [3.05, 3.63) is 22.9 Å². The van der Waals surface area contributed by atoms with Crippen LogP contribution in [0.25, 0.3) is 0 Å². The van der Waals surface area contributed by atoms with Gasteiger partial charge < -0.3 is 9.64 Å². The smallest absolute Gasteiger partial charge is 0.378 e. The van der Waals surface area contributed by atoms with Crippen LogP contribution in [0.2, 0.25) is 0 Å². The maximum absolute atomic E-state index is 13.1. The van der Waals surface area contributed by atoms with E-state index in [2.05, 4.69) is 0 Å². The van der Waals surface area contributed by atoms with Gasteiger partial charge in [0.2, 0.25) is 0 Å². The van der Waals surface area contributed by atoms with Gasteiger partial charge in [-0.25, -0.2) is 0 Å². The van der Waals surface area contributed by atoms with Crippen molar-refractivity contribution in [2.24, 2.45) is 5.92 Å². The minimum absolute atomic E-state index is 0.135. The zero-order chi connectivity index (χ0) is 14.0. The van der Waals surface area contributed by atoms with Gasteiger partial charge in [-0.15, -0.1) is 0 Å². The Bertz CT molecular complexity index is 420. The van der Waals surface area contributed by atoms with E-state index in [-0.39, 0.29) is 18.0 Å². The van der Waals surface area contributed by atoms with Crippen molar-refractivity contribution in [2.75, 3.05) is 26.3 Å². The molecular formula is C13H16F3NO2. The average molecular weight is 275 g/mol. The summed E-state index contributed by atoms with van der Waals surface area (Å²) in [5.41, 5.74) is 0.0259. The van der Waals surface area contributed by atoms with E-state index in [0.29, 0.717) is 38.2 Å². The summed E-state index contributed by atoms with van der Waals surface area (Å²) in [6, 6.07) is 0. The lowest BCUT2D eigenvalue weighted by Gasteiger charge is -2.35. The van der Waals surface area contributed by atoms with E-state index in [9.17, 15) is 18.0 Å². The minimum atomic E-state index is -4.35. The van der Waals surface area contributed by atoms with Crippen molar-refractivity contribution < 1.29 is 22.7 Å². The summed E-state index contributed by atoms with van der Waals surface area (Å²) >= 11 is 0. The molecule has 0 aromatic heterocycles. The number of halogens is 3. The number of allylic oxidation sites excluding steroid dienone is 3. The van der Waals surface area contributed by atoms with Crippen LogP contribution in [0.4, 0.5) is 13.2 Å². The zero-order valence-corrected chi connectivity index (χ0v) is 10.7. The number of nitrogens with zero attached hydrogens (tertiary/aromatic N) is 1. The van der Waals surface area contributed by atoms with Crippen LogP contribution in [0.1, 0.15) is 13.3 Å². The monoisotopic (exact) mass is 275 g/mol. The zero-order valence-electron chi connectivity index (χ0n) is 10.7. The summed E-state index contributed by atoms with van der Waals surface area (Å²) in [6.07, 6.45) is -2.46. The molecule has 1 aliphatic carbocycles. The number of aldehydes is 1. The quantitative estimate of drug-likeness (QED) is 0.724. The lowest BCUT2D eigenvalue weighted by Crippen LogP contribution is -2.38. The van der Waals surface area contributed by atoms with Gasteiger partial charge in [-0.2, -0.15) is 13.2 Å². The molecule has 19 heavy (non-hydrogen) atoms. The highest BCUT2D eigenvalue weighted by Gasteiger charge is 2.40. The lowest BCUT2D eigenvalue weighted by atomic mass is 9.86. The predicted molar refractivity (Wildman–Crippen MR) is 63.4 cm³/mol. The number of carbonyl (C=O) groups is 1. The van der Waals surface area contributed by atoms with Gasteiger partial charge in [-0.1, -0.05) is 6.92 Å². The molecule has 0 N–H and O–H groups in total. The molecule has 106 valence electrons. The summed E-state index contributed by atoms with van der Waals surface area (Å²) < 4.78 is 44.5. The summed E-state index contributed by atoms with van der Waals surface area (Å²) in [4.78, 5) is 12.6. The fourth-order valence-electron chi connectivity index (χ4n) is 2.41. The van der Waals surface area contributed by atoms with Gasteiger partial charge in [0.25, 0.3) is 0 Å². The Kier molecular flexibility index (Phi) is 3.99. The Balaban J connectivity index is 2.40. The number of ether oxygens (including phenoxy) is 1. The van der Waals surface area contributed by atoms with Crippen LogP contribution in [0, 0.1) is 5.92 Å². The van der Waals surface area contributed by atoms with Crippen LogP contribution in [-0.2, 0) is 9.53 Å². The van der Waals surface area contributed by atoms with E-state index in [0.717, 1.165) is 0 Å². The third-order valence-electron chi connectivity index (χ3n) is 3.52. The molecule has 1 aliphatic heterocycles. The number of carbonyl (C=O) groups excluding carboxylic acids is 1. The predicted octanol–water partition coefficient (Wildman–Crippen LogP) is 2.30. The van der Waals surface area contributed by atoms with Crippen molar-refractivity contribution >= 4 is 6.29 Å².